The van der Waals surface area contributed by atoms with E-state index < -0.39 is 11.9 Å². The molecule has 0 aromatic carbocycles. The van der Waals surface area contributed by atoms with Crippen molar-refractivity contribution in [2.75, 3.05) is 46.4 Å². The van der Waals surface area contributed by atoms with Crippen molar-refractivity contribution in [3.05, 3.63) is 16.1 Å². The molecule has 0 bridgehead atoms. The summed E-state index contributed by atoms with van der Waals surface area (Å²) in [5.74, 6) is 0.598. The Bertz CT molecular complexity index is 667. The summed E-state index contributed by atoms with van der Waals surface area (Å²) in [6.07, 6.45) is 1.70. The molecule has 0 radical (unpaired) electrons. The van der Waals surface area contributed by atoms with E-state index in [1.165, 1.54) is 32.1 Å². The van der Waals surface area contributed by atoms with Gasteiger partial charge in [0.2, 0.25) is 0 Å². The van der Waals surface area contributed by atoms with Crippen LogP contribution in [0, 0.1) is 5.41 Å². The molecular formula is C19H30F3N5OS. The molecule has 29 heavy (non-hydrogen) atoms. The van der Waals surface area contributed by atoms with Crippen LogP contribution in [0.2, 0.25) is 0 Å². The monoisotopic (exact) mass is 433 g/mol. The molecule has 10 heteroatoms. The maximum absolute atomic E-state index is 12.7. The van der Waals surface area contributed by atoms with Crippen molar-refractivity contribution >= 4 is 17.3 Å². The van der Waals surface area contributed by atoms with Gasteiger partial charge < -0.3 is 15.4 Å². The summed E-state index contributed by atoms with van der Waals surface area (Å²) >= 11 is 1.00. The van der Waals surface area contributed by atoms with Crippen LogP contribution < -0.4 is 10.6 Å². The highest BCUT2D eigenvalue weighted by Gasteiger charge is 2.35. The van der Waals surface area contributed by atoms with Gasteiger partial charge in [0.15, 0.2) is 11.7 Å². The van der Waals surface area contributed by atoms with Gasteiger partial charge in [-0.2, -0.15) is 13.2 Å². The topological polar surface area (TPSA) is 61.8 Å². The fourth-order valence-corrected chi connectivity index (χ4v) is 4.84. The van der Waals surface area contributed by atoms with Gasteiger partial charge in [0.1, 0.15) is 5.01 Å². The molecule has 6 nitrogen and oxygen atoms in total. The SMILES string of the molecule is CN=C(NCc1nc(C(F)(F)F)cs1)NCC1(CN2CCOCC2)CCCCC1. The number of alkyl halides is 3. The first-order valence-corrected chi connectivity index (χ1v) is 11.0. The Morgan fingerprint density at radius 2 is 1.97 bits per heavy atom. The summed E-state index contributed by atoms with van der Waals surface area (Å²) < 4.78 is 43.6. The number of aliphatic imine (C=N–C) groups is 1. The van der Waals surface area contributed by atoms with Crippen LogP contribution in [-0.2, 0) is 17.5 Å². The lowest BCUT2D eigenvalue weighted by Crippen LogP contribution is -2.51. The van der Waals surface area contributed by atoms with Crippen LogP contribution in [0.25, 0.3) is 0 Å². The molecule has 164 valence electrons. The molecule has 0 unspecified atom stereocenters. The Morgan fingerprint density at radius 1 is 1.24 bits per heavy atom. The number of thiazole rings is 1. The van der Waals surface area contributed by atoms with Crippen LogP contribution >= 0.6 is 11.3 Å². The van der Waals surface area contributed by atoms with Gasteiger partial charge in [0, 0.05) is 44.0 Å². The van der Waals surface area contributed by atoms with Crippen molar-refractivity contribution in [1.29, 1.82) is 0 Å². The van der Waals surface area contributed by atoms with Crippen molar-refractivity contribution in [3.8, 4) is 0 Å². The first-order chi connectivity index (χ1) is 13.9. The molecule has 1 aromatic heterocycles. The van der Waals surface area contributed by atoms with Crippen LogP contribution in [0.1, 0.15) is 42.8 Å². The molecule has 1 saturated carbocycles. The highest BCUT2D eigenvalue weighted by molar-refractivity contribution is 7.09. The lowest BCUT2D eigenvalue weighted by atomic mass is 9.73. The zero-order chi connectivity index (χ0) is 20.7. The Balaban J connectivity index is 1.53. The zero-order valence-electron chi connectivity index (χ0n) is 16.9. The van der Waals surface area contributed by atoms with E-state index in [4.69, 9.17) is 4.74 Å². The highest BCUT2D eigenvalue weighted by atomic mass is 32.1. The molecule has 2 fully saturated rings. The summed E-state index contributed by atoms with van der Waals surface area (Å²) in [6, 6.07) is 0. The normalized spacial score (nSPS) is 21.2. The molecule has 0 spiro atoms. The average molecular weight is 434 g/mol. The Morgan fingerprint density at radius 3 is 2.59 bits per heavy atom. The molecule has 2 N–H and O–H groups in total. The van der Waals surface area contributed by atoms with Gasteiger partial charge >= 0.3 is 6.18 Å². The van der Waals surface area contributed by atoms with Crippen molar-refractivity contribution in [1.82, 2.24) is 20.5 Å². The van der Waals surface area contributed by atoms with E-state index in [1.807, 2.05) is 0 Å². The lowest BCUT2D eigenvalue weighted by molar-refractivity contribution is -0.140. The minimum absolute atomic E-state index is 0.192. The number of hydrogen-bond donors (Lipinski definition) is 2. The number of aromatic nitrogens is 1. The number of nitrogens with zero attached hydrogens (tertiary/aromatic N) is 3. The molecule has 1 aromatic rings. The summed E-state index contributed by atoms with van der Waals surface area (Å²) in [4.78, 5) is 10.4. The first-order valence-electron chi connectivity index (χ1n) is 10.2. The van der Waals surface area contributed by atoms with E-state index in [1.54, 1.807) is 7.05 Å². The zero-order valence-corrected chi connectivity index (χ0v) is 17.7. The van der Waals surface area contributed by atoms with Crippen LogP contribution in [0.5, 0.6) is 0 Å². The van der Waals surface area contributed by atoms with Gasteiger partial charge in [0.25, 0.3) is 0 Å². The molecule has 1 aliphatic heterocycles. The second kappa shape index (κ2) is 10.1. The number of nitrogens with one attached hydrogen (secondary N) is 2. The Kier molecular flexibility index (Phi) is 7.75. The molecule has 0 atom stereocenters. The number of morpholine rings is 1. The summed E-state index contributed by atoms with van der Waals surface area (Å²) in [6.45, 7) is 5.59. The van der Waals surface area contributed by atoms with E-state index in [0.717, 1.165) is 56.1 Å². The highest BCUT2D eigenvalue weighted by Crippen LogP contribution is 2.37. The van der Waals surface area contributed by atoms with Gasteiger partial charge in [-0.15, -0.1) is 11.3 Å². The van der Waals surface area contributed by atoms with E-state index >= 15 is 0 Å². The van der Waals surface area contributed by atoms with Gasteiger partial charge in [-0.1, -0.05) is 19.3 Å². The molecular weight excluding hydrogens is 403 g/mol. The van der Waals surface area contributed by atoms with E-state index in [2.05, 4.69) is 25.5 Å². The predicted molar refractivity (Wildman–Crippen MR) is 108 cm³/mol. The average Bonchev–Trinajstić information content (AvgIpc) is 3.19. The van der Waals surface area contributed by atoms with Crippen molar-refractivity contribution in [3.63, 3.8) is 0 Å². The van der Waals surface area contributed by atoms with Gasteiger partial charge in [-0.05, 0) is 12.8 Å². The summed E-state index contributed by atoms with van der Waals surface area (Å²) in [5.41, 5.74) is -0.647. The number of halogens is 3. The molecule has 0 amide bonds. The fraction of sp³-hybridized carbons (Fsp3) is 0.789. The number of hydrogen-bond acceptors (Lipinski definition) is 5. The quantitative estimate of drug-likeness (QED) is 0.533. The van der Waals surface area contributed by atoms with Crippen molar-refractivity contribution in [2.45, 2.75) is 44.8 Å². The van der Waals surface area contributed by atoms with Gasteiger partial charge in [0.05, 0.1) is 19.8 Å². The van der Waals surface area contributed by atoms with Crippen molar-refractivity contribution < 1.29 is 17.9 Å². The van der Waals surface area contributed by atoms with E-state index in [9.17, 15) is 13.2 Å². The molecule has 1 aliphatic carbocycles. The third-order valence-electron chi connectivity index (χ3n) is 5.68. The van der Waals surface area contributed by atoms with Crippen LogP contribution in [0.3, 0.4) is 0 Å². The second-order valence-electron chi connectivity index (χ2n) is 7.85. The van der Waals surface area contributed by atoms with Crippen LogP contribution in [0.4, 0.5) is 13.2 Å². The number of guanidine groups is 1. The largest absolute Gasteiger partial charge is 0.434 e. The van der Waals surface area contributed by atoms with E-state index in [-0.39, 0.29) is 12.0 Å². The standard InChI is InChI=1S/C19H30F3N5OS/c1-23-17(24-11-16-26-15(12-29-16)19(20,21)22)25-13-18(5-3-2-4-6-18)14-27-7-9-28-10-8-27/h12H,2-11,13-14H2,1H3,(H2,23,24,25). The summed E-state index contributed by atoms with van der Waals surface area (Å²) in [5, 5.41) is 7.95. The maximum Gasteiger partial charge on any atom is 0.434 e. The van der Waals surface area contributed by atoms with Gasteiger partial charge in [-0.25, -0.2) is 4.98 Å². The van der Waals surface area contributed by atoms with Gasteiger partial charge in [-0.3, -0.25) is 9.89 Å². The fourth-order valence-electron chi connectivity index (χ4n) is 4.10. The van der Waals surface area contributed by atoms with Crippen molar-refractivity contribution in [2.24, 2.45) is 10.4 Å². The van der Waals surface area contributed by atoms with Crippen LogP contribution in [-0.4, -0.2) is 62.3 Å². The third kappa shape index (κ3) is 6.55. The third-order valence-corrected chi connectivity index (χ3v) is 6.53. The lowest BCUT2D eigenvalue weighted by Gasteiger charge is -2.42. The Labute approximate surface area is 173 Å². The predicted octanol–water partition coefficient (Wildman–Crippen LogP) is 3.11. The molecule has 2 heterocycles. The number of rotatable bonds is 6. The van der Waals surface area contributed by atoms with Crippen LogP contribution in [0.15, 0.2) is 10.4 Å². The second-order valence-corrected chi connectivity index (χ2v) is 8.80. The Hall–Kier alpha value is -1.39. The minimum Gasteiger partial charge on any atom is -0.379 e. The minimum atomic E-state index is -4.40. The number of ether oxygens (including phenoxy) is 1. The smallest absolute Gasteiger partial charge is 0.379 e. The molecule has 2 aliphatic rings. The molecule has 3 rings (SSSR count). The first kappa shape index (κ1) is 22.3. The summed E-state index contributed by atoms with van der Waals surface area (Å²) in [7, 11) is 1.67. The molecule has 1 saturated heterocycles. The van der Waals surface area contributed by atoms with E-state index in [0.29, 0.717) is 11.0 Å². The maximum atomic E-state index is 12.7.